The van der Waals surface area contributed by atoms with Crippen molar-refractivity contribution in [3.63, 3.8) is 0 Å². The fourth-order valence-corrected chi connectivity index (χ4v) is 3.60. The number of nitrogens with one attached hydrogen (secondary N) is 1. The summed E-state index contributed by atoms with van der Waals surface area (Å²) in [5.74, 6) is -0.232. The van der Waals surface area contributed by atoms with Gasteiger partial charge in [-0.25, -0.2) is 5.48 Å². The first-order chi connectivity index (χ1) is 12.0. The van der Waals surface area contributed by atoms with Crippen LogP contribution in [0.4, 0.5) is 5.69 Å². The molecule has 25 heavy (non-hydrogen) atoms. The van der Waals surface area contributed by atoms with Crippen molar-refractivity contribution >= 4 is 11.6 Å². The van der Waals surface area contributed by atoms with Gasteiger partial charge in [-0.2, -0.15) is 0 Å². The minimum absolute atomic E-state index is 0.232. The number of fused-ring (bicyclic) bond motifs is 1. The predicted octanol–water partition coefficient (Wildman–Crippen LogP) is 2.90. The van der Waals surface area contributed by atoms with E-state index in [1.165, 1.54) is 7.11 Å². The summed E-state index contributed by atoms with van der Waals surface area (Å²) in [4.78, 5) is 19.4. The van der Waals surface area contributed by atoms with Crippen LogP contribution < -0.4 is 10.4 Å². The molecule has 5 nitrogen and oxygen atoms in total. The number of hydrogen-bond donors (Lipinski definition) is 1. The summed E-state index contributed by atoms with van der Waals surface area (Å²) >= 11 is 0. The Labute approximate surface area is 148 Å². The largest absolute Gasteiger partial charge is 0.376 e. The van der Waals surface area contributed by atoms with Gasteiger partial charge in [0.2, 0.25) is 0 Å². The Balaban J connectivity index is 1.83. The minimum Gasteiger partial charge on any atom is -0.376 e. The quantitative estimate of drug-likeness (QED) is 0.822. The second-order valence-corrected chi connectivity index (χ2v) is 6.73. The lowest BCUT2D eigenvalue weighted by Crippen LogP contribution is -2.35. The molecule has 0 radical (unpaired) electrons. The molecule has 0 unspecified atom stereocenters. The molecule has 2 aromatic carbocycles. The van der Waals surface area contributed by atoms with E-state index in [1.54, 1.807) is 0 Å². The van der Waals surface area contributed by atoms with Crippen LogP contribution in [0.3, 0.4) is 0 Å². The second kappa shape index (κ2) is 7.25. The molecule has 132 valence electrons. The molecule has 3 rings (SSSR count). The molecule has 1 aliphatic heterocycles. The van der Waals surface area contributed by atoms with Gasteiger partial charge in [0, 0.05) is 30.3 Å². The molecular weight excluding hydrogens is 316 g/mol. The van der Waals surface area contributed by atoms with E-state index in [0.29, 0.717) is 18.8 Å². The number of anilines is 1. The van der Waals surface area contributed by atoms with Crippen LogP contribution in [0.15, 0.2) is 48.5 Å². The molecule has 1 amide bonds. The Bertz CT molecular complexity index is 748. The molecule has 2 aromatic rings. The van der Waals surface area contributed by atoms with Crippen molar-refractivity contribution in [1.29, 1.82) is 0 Å². The fraction of sp³-hybridized carbons (Fsp3) is 0.350. The molecule has 0 aliphatic carbocycles. The molecule has 5 heteroatoms. The third-order valence-corrected chi connectivity index (χ3v) is 4.61. The monoisotopic (exact) mass is 340 g/mol. The molecule has 0 bridgehead atoms. The van der Waals surface area contributed by atoms with Gasteiger partial charge in [-0.1, -0.05) is 43.3 Å². The summed E-state index contributed by atoms with van der Waals surface area (Å²) in [5, 5.41) is 0. The van der Waals surface area contributed by atoms with Crippen molar-refractivity contribution in [2.75, 3.05) is 32.2 Å². The van der Waals surface area contributed by atoms with Crippen LogP contribution in [-0.4, -0.2) is 33.2 Å². The highest BCUT2D eigenvalue weighted by atomic mass is 16.6. The number of benzene rings is 2. The first-order valence-corrected chi connectivity index (χ1v) is 8.35. The number of hydrogen-bond acceptors (Lipinski definition) is 4. The summed E-state index contributed by atoms with van der Waals surface area (Å²) < 4.78 is 6.02. The van der Waals surface area contributed by atoms with Crippen LogP contribution in [0.25, 0.3) is 0 Å². The molecule has 1 heterocycles. The Morgan fingerprint density at radius 3 is 2.68 bits per heavy atom. The van der Waals surface area contributed by atoms with Crippen molar-refractivity contribution in [2.24, 2.45) is 0 Å². The first-order valence-electron chi connectivity index (χ1n) is 8.35. The standard InChI is InChI=1S/C20H24N2O3/c1-20(14-25-12-15-8-5-4-6-9-15)13-22(2)17-11-7-10-16(18(17)20)19(23)21-24-3/h4-11H,12-14H2,1-3H3,(H,21,23)/t20-/m0/s1. The lowest BCUT2D eigenvalue weighted by atomic mass is 9.82. The second-order valence-electron chi connectivity index (χ2n) is 6.73. The summed E-state index contributed by atoms with van der Waals surface area (Å²) in [7, 11) is 3.48. The smallest absolute Gasteiger partial charge is 0.275 e. The number of ether oxygens (including phenoxy) is 1. The van der Waals surface area contributed by atoms with Crippen LogP contribution in [0, 0.1) is 0 Å². The summed E-state index contributed by atoms with van der Waals surface area (Å²) in [5.41, 5.74) is 6.02. The first kappa shape index (κ1) is 17.5. The lowest BCUT2D eigenvalue weighted by molar-refractivity contribution is 0.0530. The zero-order valence-electron chi connectivity index (χ0n) is 14.9. The van der Waals surface area contributed by atoms with E-state index in [4.69, 9.17) is 9.57 Å². The van der Waals surface area contributed by atoms with Gasteiger partial charge < -0.3 is 9.64 Å². The van der Waals surface area contributed by atoms with Crippen molar-refractivity contribution in [3.05, 3.63) is 65.2 Å². The van der Waals surface area contributed by atoms with Crippen molar-refractivity contribution in [2.45, 2.75) is 18.9 Å². The van der Waals surface area contributed by atoms with E-state index in [-0.39, 0.29) is 11.3 Å². The number of rotatable bonds is 6. The summed E-state index contributed by atoms with van der Waals surface area (Å²) in [6.45, 7) is 4.04. The number of carbonyl (C=O) groups excluding carboxylic acids is 1. The minimum atomic E-state index is -0.263. The molecular formula is C20H24N2O3. The van der Waals surface area contributed by atoms with E-state index < -0.39 is 0 Å². The van der Waals surface area contributed by atoms with Crippen LogP contribution in [0.5, 0.6) is 0 Å². The number of likely N-dealkylation sites (N-methyl/N-ethyl adjacent to an activating group) is 1. The zero-order chi connectivity index (χ0) is 17.9. The van der Waals surface area contributed by atoms with Gasteiger partial charge in [-0.05, 0) is 23.3 Å². The molecule has 1 aliphatic rings. The highest BCUT2D eigenvalue weighted by Gasteiger charge is 2.40. The van der Waals surface area contributed by atoms with Crippen LogP contribution in [0.1, 0.15) is 28.4 Å². The van der Waals surface area contributed by atoms with E-state index in [9.17, 15) is 4.79 Å². The predicted molar refractivity (Wildman–Crippen MR) is 97.6 cm³/mol. The molecule has 0 saturated heterocycles. The summed E-state index contributed by atoms with van der Waals surface area (Å²) in [6, 6.07) is 15.9. The maximum absolute atomic E-state index is 12.4. The van der Waals surface area contributed by atoms with Crippen molar-refractivity contribution in [1.82, 2.24) is 5.48 Å². The zero-order valence-corrected chi connectivity index (χ0v) is 14.9. The van der Waals surface area contributed by atoms with Crippen molar-refractivity contribution < 1.29 is 14.4 Å². The highest BCUT2D eigenvalue weighted by Crippen LogP contribution is 2.42. The third kappa shape index (κ3) is 3.52. The van der Waals surface area contributed by atoms with Gasteiger partial charge in [-0.3, -0.25) is 9.63 Å². The van der Waals surface area contributed by atoms with Crippen LogP contribution >= 0.6 is 0 Å². The number of carbonyl (C=O) groups is 1. The van der Waals surface area contributed by atoms with E-state index >= 15 is 0 Å². The average Bonchev–Trinajstić information content (AvgIpc) is 2.87. The topological polar surface area (TPSA) is 50.8 Å². The number of nitrogens with zero attached hydrogens (tertiary/aromatic N) is 1. The Hall–Kier alpha value is -2.37. The number of hydroxylamine groups is 1. The van der Waals surface area contributed by atoms with Crippen molar-refractivity contribution in [3.8, 4) is 0 Å². The highest BCUT2D eigenvalue weighted by molar-refractivity contribution is 5.97. The maximum atomic E-state index is 12.4. The van der Waals surface area contributed by atoms with Gasteiger partial charge in [0.05, 0.1) is 20.3 Å². The van der Waals surface area contributed by atoms with Gasteiger partial charge in [0.1, 0.15) is 0 Å². The lowest BCUT2D eigenvalue weighted by Gasteiger charge is -2.26. The fourth-order valence-electron chi connectivity index (χ4n) is 3.60. The normalized spacial score (nSPS) is 18.9. The van der Waals surface area contributed by atoms with Gasteiger partial charge >= 0.3 is 0 Å². The van der Waals surface area contributed by atoms with Gasteiger partial charge in [0.15, 0.2) is 0 Å². The van der Waals surface area contributed by atoms with E-state index in [0.717, 1.165) is 23.4 Å². The van der Waals surface area contributed by atoms with Crippen LogP contribution in [0.2, 0.25) is 0 Å². The number of amides is 1. The van der Waals surface area contributed by atoms with Gasteiger partial charge in [0.25, 0.3) is 5.91 Å². The molecule has 0 fully saturated rings. The maximum Gasteiger partial charge on any atom is 0.275 e. The Morgan fingerprint density at radius 2 is 1.96 bits per heavy atom. The molecule has 1 N–H and O–H groups in total. The van der Waals surface area contributed by atoms with E-state index in [2.05, 4.69) is 29.4 Å². The van der Waals surface area contributed by atoms with Gasteiger partial charge in [-0.15, -0.1) is 0 Å². The van der Waals surface area contributed by atoms with E-state index in [1.807, 2.05) is 43.4 Å². The Kier molecular flexibility index (Phi) is 5.06. The summed E-state index contributed by atoms with van der Waals surface area (Å²) in [6.07, 6.45) is 0. The molecule has 1 atom stereocenters. The SMILES string of the molecule is CONC(=O)c1cccc2c1[C@](C)(COCc1ccccc1)CN2C. The molecule has 0 saturated carbocycles. The third-order valence-electron chi connectivity index (χ3n) is 4.61. The Morgan fingerprint density at radius 1 is 1.20 bits per heavy atom. The average molecular weight is 340 g/mol. The molecule has 0 spiro atoms. The molecule has 0 aromatic heterocycles. The van der Waals surface area contributed by atoms with Crippen LogP contribution in [-0.2, 0) is 21.6 Å².